The van der Waals surface area contributed by atoms with E-state index in [1.165, 1.54) is 24.5 Å². The summed E-state index contributed by atoms with van der Waals surface area (Å²) in [5, 5.41) is 5.16. The van der Waals surface area contributed by atoms with Crippen LogP contribution < -0.4 is 15.5 Å². The number of carbonyl (C=O) groups is 1. The zero-order chi connectivity index (χ0) is 17.8. The van der Waals surface area contributed by atoms with Crippen LogP contribution in [-0.2, 0) is 0 Å². The number of hydrogen-bond donors (Lipinski definition) is 2. The third-order valence-electron chi connectivity index (χ3n) is 3.90. The third kappa shape index (κ3) is 4.55. The summed E-state index contributed by atoms with van der Waals surface area (Å²) in [5.41, 5.74) is 0.386. The minimum Gasteiger partial charge on any atom is -0.354 e. The fourth-order valence-electron chi connectivity index (χ4n) is 2.48. The minimum atomic E-state index is -0.541. The van der Waals surface area contributed by atoms with Crippen LogP contribution in [0.2, 0.25) is 5.02 Å². The largest absolute Gasteiger partial charge is 0.354 e. The maximum atomic E-state index is 13.1. The SMILES string of the molecule is CN1CCN(c2cc(NC(=O)Nc3ccc(F)c(Cl)c3)ncn2)CC1. The summed E-state index contributed by atoms with van der Waals surface area (Å²) in [6.07, 6.45) is 1.41. The van der Waals surface area contributed by atoms with E-state index in [0.717, 1.165) is 32.0 Å². The molecule has 0 spiro atoms. The van der Waals surface area contributed by atoms with Gasteiger partial charge in [-0.25, -0.2) is 19.2 Å². The van der Waals surface area contributed by atoms with Crippen LogP contribution >= 0.6 is 11.6 Å². The van der Waals surface area contributed by atoms with Gasteiger partial charge in [-0.05, 0) is 25.2 Å². The van der Waals surface area contributed by atoms with Crippen molar-refractivity contribution in [3.05, 3.63) is 41.4 Å². The topological polar surface area (TPSA) is 73.4 Å². The average Bonchev–Trinajstić information content (AvgIpc) is 2.59. The van der Waals surface area contributed by atoms with Gasteiger partial charge in [0, 0.05) is 37.9 Å². The number of halogens is 2. The van der Waals surface area contributed by atoms with Gasteiger partial charge in [0.2, 0.25) is 0 Å². The average molecular weight is 365 g/mol. The van der Waals surface area contributed by atoms with E-state index in [-0.39, 0.29) is 5.02 Å². The summed E-state index contributed by atoms with van der Waals surface area (Å²) in [7, 11) is 2.08. The normalized spacial score (nSPS) is 15.1. The van der Waals surface area contributed by atoms with E-state index in [4.69, 9.17) is 11.6 Å². The smallest absolute Gasteiger partial charge is 0.324 e. The zero-order valence-corrected chi connectivity index (χ0v) is 14.4. The van der Waals surface area contributed by atoms with Crippen LogP contribution in [-0.4, -0.2) is 54.1 Å². The van der Waals surface area contributed by atoms with Crippen LogP contribution in [0, 0.1) is 5.82 Å². The number of nitrogens with one attached hydrogen (secondary N) is 2. The molecule has 1 aliphatic heterocycles. The molecule has 2 amide bonds. The van der Waals surface area contributed by atoms with E-state index in [9.17, 15) is 9.18 Å². The number of carbonyl (C=O) groups excluding carboxylic acids is 1. The summed E-state index contributed by atoms with van der Waals surface area (Å²) in [6, 6.07) is 5.19. The van der Waals surface area contributed by atoms with Gasteiger partial charge in [0.05, 0.1) is 5.02 Å². The first-order chi connectivity index (χ1) is 12.0. The number of amides is 2. The maximum absolute atomic E-state index is 13.1. The van der Waals surface area contributed by atoms with Crippen molar-refractivity contribution < 1.29 is 9.18 Å². The molecule has 1 fully saturated rings. The lowest BCUT2D eigenvalue weighted by Crippen LogP contribution is -2.44. The number of anilines is 3. The Kier molecular flexibility index (Phi) is 5.30. The molecule has 7 nitrogen and oxygen atoms in total. The summed E-state index contributed by atoms with van der Waals surface area (Å²) in [6.45, 7) is 3.65. The van der Waals surface area contributed by atoms with Gasteiger partial charge in [0.15, 0.2) is 0 Å². The fourth-order valence-corrected chi connectivity index (χ4v) is 2.66. The molecule has 1 aromatic heterocycles. The molecule has 132 valence electrons. The summed E-state index contributed by atoms with van der Waals surface area (Å²) >= 11 is 5.70. The second-order valence-corrected chi connectivity index (χ2v) is 6.17. The number of rotatable bonds is 3. The molecular formula is C16H18ClFN6O. The zero-order valence-electron chi connectivity index (χ0n) is 13.7. The molecule has 25 heavy (non-hydrogen) atoms. The highest BCUT2D eigenvalue weighted by Crippen LogP contribution is 2.20. The molecule has 9 heteroatoms. The third-order valence-corrected chi connectivity index (χ3v) is 4.19. The molecular weight excluding hydrogens is 347 g/mol. The van der Waals surface area contributed by atoms with Crippen LogP contribution in [0.4, 0.5) is 26.5 Å². The van der Waals surface area contributed by atoms with Gasteiger partial charge in [-0.1, -0.05) is 11.6 Å². The van der Waals surface area contributed by atoms with Gasteiger partial charge >= 0.3 is 6.03 Å². The van der Waals surface area contributed by atoms with Gasteiger partial charge in [-0.3, -0.25) is 5.32 Å². The van der Waals surface area contributed by atoms with Gasteiger partial charge in [-0.2, -0.15) is 0 Å². The molecule has 0 radical (unpaired) electrons. The summed E-state index contributed by atoms with van der Waals surface area (Å²) in [5.74, 6) is 0.609. The highest BCUT2D eigenvalue weighted by Gasteiger charge is 2.16. The number of piperazine rings is 1. The van der Waals surface area contributed by atoms with Crippen molar-refractivity contribution in [3.8, 4) is 0 Å². The Balaban J connectivity index is 1.63. The second-order valence-electron chi connectivity index (χ2n) is 5.76. The lowest BCUT2D eigenvalue weighted by Gasteiger charge is -2.33. The Labute approximate surface area is 149 Å². The van der Waals surface area contributed by atoms with Crippen molar-refractivity contribution >= 4 is 35.0 Å². The number of hydrogen-bond acceptors (Lipinski definition) is 5. The van der Waals surface area contributed by atoms with Gasteiger partial charge in [0.1, 0.15) is 23.8 Å². The predicted molar refractivity (Wildman–Crippen MR) is 95.8 cm³/mol. The molecule has 2 aromatic rings. The van der Waals surface area contributed by atoms with Crippen LogP contribution in [0.25, 0.3) is 0 Å². The van der Waals surface area contributed by atoms with Crippen molar-refractivity contribution in [2.45, 2.75) is 0 Å². The Hall–Kier alpha value is -2.45. The molecule has 3 rings (SSSR count). The first-order valence-corrected chi connectivity index (χ1v) is 8.17. The Morgan fingerprint density at radius 3 is 2.64 bits per heavy atom. The quantitative estimate of drug-likeness (QED) is 0.876. The second kappa shape index (κ2) is 7.62. The number of benzene rings is 1. The summed E-state index contributed by atoms with van der Waals surface area (Å²) in [4.78, 5) is 24.8. The molecule has 0 saturated carbocycles. The van der Waals surface area contributed by atoms with Crippen molar-refractivity contribution in [1.82, 2.24) is 14.9 Å². The molecule has 2 N–H and O–H groups in total. The first-order valence-electron chi connectivity index (χ1n) is 7.80. The monoisotopic (exact) mass is 364 g/mol. The van der Waals surface area contributed by atoms with Gasteiger partial charge in [0.25, 0.3) is 0 Å². The number of aromatic nitrogens is 2. The van der Waals surface area contributed by atoms with Crippen molar-refractivity contribution in [3.63, 3.8) is 0 Å². The van der Waals surface area contributed by atoms with E-state index < -0.39 is 11.8 Å². The molecule has 1 saturated heterocycles. The maximum Gasteiger partial charge on any atom is 0.324 e. The lowest BCUT2D eigenvalue weighted by atomic mass is 10.3. The van der Waals surface area contributed by atoms with Crippen molar-refractivity contribution in [1.29, 1.82) is 0 Å². The van der Waals surface area contributed by atoms with Crippen molar-refractivity contribution in [2.75, 3.05) is 48.8 Å². The van der Waals surface area contributed by atoms with Crippen LogP contribution in [0.5, 0.6) is 0 Å². The standard InChI is InChI=1S/C16H18ClFN6O/c1-23-4-6-24(7-5-23)15-9-14(19-10-20-15)22-16(25)21-11-2-3-13(18)12(17)8-11/h2-3,8-10H,4-7H2,1H3,(H2,19,20,21,22,25). The van der Waals surface area contributed by atoms with Crippen molar-refractivity contribution in [2.24, 2.45) is 0 Å². The van der Waals surface area contributed by atoms with Gasteiger partial charge < -0.3 is 15.1 Å². The molecule has 2 heterocycles. The highest BCUT2D eigenvalue weighted by molar-refractivity contribution is 6.31. The van der Waals surface area contributed by atoms with E-state index in [2.05, 4.69) is 37.4 Å². The van der Waals surface area contributed by atoms with Crippen LogP contribution in [0.3, 0.4) is 0 Å². The Bertz CT molecular complexity index is 766. The van der Waals surface area contributed by atoms with Crippen LogP contribution in [0.1, 0.15) is 0 Å². The van der Waals surface area contributed by atoms with Gasteiger partial charge in [-0.15, -0.1) is 0 Å². The Morgan fingerprint density at radius 1 is 1.16 bits per heavy atom. The molecule has 0 aliphatic carbocycles. The minimum absolute atomic E-state index is 0.0582. The molecule has 1 aliphatic rings. The molecule has 0 bridgehead atoms. The summed E-state index contributed by atoms with van der Waals surface area (Å²) < 4.78 is 13.1. The molecule has 1 aromatic carbocycles. The van der Waals surface area contributed by atoms with E-state index in [1.807, 2.05) is 0 Å². The number of nitrogens with zero attached hydrogens (tertiary/aromatic N) is 4. The van der Waals surface area contributed by atoms with E-state index >= 15 is 0 Å². The number of urea groups is 1. The van der Waals surface area contributed by atoms with E-state index in [0.29, 0.717) is 11.5 Å². The predicted octanol–water partition coefficient (Wildman–Crippen LogP) is 2.66. The first kappa shape index (κ1) is 17.4. The highest BCUT2D eigenvalue weighted by atomic mass is 35.5. The molecule has 0 unspecified atom stereocenters. The number of likely N-dealkylation sites (N-methyl/N-ethyl adjacent to an activating group) is 1. The lowest BCUT2D eigenvalue weighted by molar-refractivity contribution is 0.262. The fraction of sp³-hybridized carbons (Fsp3) is 0.312. The Morgan fingerprint density at radius 2 is 1.92 bits per heavy atom. The van der Waals surface area contributed by atoms with Crippen LogP contribution in [0.15, 0.2) is 30.6 Å². The molecule has 0 atom stereocenters. The van der Waals surface area contributed by atoms with E-state index in [1.54, 1.807) is 6.07 Å².